The summed E-state index contributed by atoms with van der Waals surface area (Å²) >= 11 is 3.39. The number of carboxylic acids is 1. The zero-order valence-electron chi connectivity index (χ0n) is 10.8. The van der Waals surface area contributed by atoms with Crippen LogP contribution >= 0.6 is 15.9 Å². The summed E-state index contributed by atoms with van der Waals surface area (Å²) in [6.45, 7) is 1.88. The molecule has 1 N–H and O–H groups in total. The van der Waals surface area contributed by atoms with Crippen molar-refractivity contribution in [2.45, 2.75) is 19.3 Å². The molecular formula is C15H13BrFNO2. The number of hydrogen-bond donors (Lipinski definition) is 1. The number of benzene rings is 1. The highest BCUT2D eigenvalue weighted by Gasteiger charge is 2.24. The van der Waals surface area contributed by atoms with E-state index in [-0.39, 0.29) is 12.2 Å². The molecule has 1 unspecified atom stereocenters. The molecule has 1 aromatic heterocycles. The third kappa shape index (κ3) is 3.22. The number of aromatic nitrogens is 1. The molecule has 0 aliphatic rings. The smallest absolute Gasteiger partial charge is 0.312 e. The number of pyridine rings is 1. The average molecular weight is 338 g/mol. The second kappa shape index (κ2) is 6.13. The quantitative estimate of drug-likeness (QED) is 0.925. The zero-order chi connectivity index (χ0) is 14.7. The third-order valence-corrected chi connectivity index (χ3v) is 4.12. The molecule has 0 fully saturated rings. The van der Waals surface area contributed by atoms with E-state index in [1.165, 1.54) is 12.1 Å². The minimum absolute atomic E-state index is 0.269. The summed E-state index contributed by atoms with van der Waals surface area (Å²) < 4.78 is 13.6. The van der Waals surface area contributed by atoms with Crippen molar-refractivity contribution in [1.82, 2.24) is 4.98 Å². The first-order chi connectivity index (χ1) is 9.49. The molecule has 0 spiro atoms. The van der Waals surface area contributed by atoms with Gasteiger partial charge in [-0.2, -0.15) is 0 Å². The molecule has 2 rings (SSSR count). The van der Waals surface area contributed by atoms with Crippen LogP contribution in [0.25, 0.3) is 0 Å². The van der Waals surface area contributed by atoms with Gasteiger partial charge in [-0.05, 0) is 58.6 Å². The van der Waals surface area contributed by atoms with Gasteiger partial charge in [0.2, 0.25) is 0 Å². The molecule has 5 heteroatoms. The Morgan fingerprint density at radius 1 is 1.35 bits per heavy atom. The van der Waals surface area contributed by atoms with Crippen LogP contribution < -0.4 is 0 Å². The van der Waals surface area contributed by atoms with E-state index in [0.29, 0.717) is 10.2 Å². The van der Waals surface area contributed by atoms with Crippen LogP contribution in [0.4, 0.5) is 4.39 Å². The number of carbonyl (C=O) groups is 1. The molecule has 104 valence electrons. The minimum atomic E-state index is -0.951. The SMILES string of the molecule is Cc1ccnc(C(Cc2ccc(F)cc2)C(=O)O)c1Br. The summed E-state index contributed by atoms with van der Waals surface area (Å²) in [4.78, 5) is 15.7. The first-order valence-electron chi connectivity index (χ1n) is 6.07. The molecular weight excluding hydrogens is 325 g/mol. The lowest BCUT2D eigenvalue weighted by Crippen LogP contribution is -2.16. The summed E-state index contributed by atoms with van der Waals surface area (Å²) in [6.07, 6.45) is 1.86. The first kappa shape index (κ1) is 14.7. The second-order valence-corrected chi connectivity index (χ2v) is 5.34. The van der Waals surface area contributed by atoms with Crippen molar-refractivity contribution < 1.29 is 14.3 Å². The minimum Gasteiger partial charge on any atom is -0.481 e. The molecule has 20 heavy (non-hydrogen) atoms. The number of aliphatic carboxylic acids is 1. The number of carboxylic acid groups (broad SMARTS) is 1. The standard InChI is InChI=1S/C15H13BrFNO2/c1-9-6-7-18-14(13(9)16)12(15(19)20)8-10-2-4-11(17)5-3-10/h2-7,12H,8H2,1H3,(H,19,20). The van der Waals surface area contributed by atoms with Crippen LogP contribution in [0.2, 0.25) is 0 Å². The summed E-state index contributed by atoms with van der Waals surface area (Å²) in [7, 11) is 0. The molecule has 0 bridgehead atoms. The van der Waals surface area contributed by atoms with E-state index in [4.69, 9.17) is 0 Å². The first-order valence-corrected chi connectivity index (χ1v) is 6.86. The van der Waals surface area contributed by atoms with Gasteiger partial charge in [-0.1, -0.05) is 12.1 Å². The van der Waals surface area contributed by atoms with Crippen LogP contribution in [0, 0.1) is 12.7 Å². The van der Waals surface area contributed by atoms with Crippen molar-refractivity contribution in [2.75, 3.05) is 0 Å². The average Bonchev–Trinajstić information content (AvgIpc) is 2.41. The van der Waals surface area contributed by atoms with Gasteiger partial charge >= 0.3 is 5.97 Å². The van der Waals surface area contributed by atoms with Crippen molar-refractivity contribution in [3.8, 4) is 0 Å². The predicted molar refractivity (Wildman–Crippen MR) is 77.2 cm³/mol. The largest absolute Gasteiger partial charge is 0.481 e. The highest BCUT2D eigenvalue weighted by molar-refractivity contribution is 9.10. The van der Waals surface area contributed by atoms with E-state index in [0.717, 1.165) is 11.1 Å². The van der Waals surface area contributed by atoms with E-state index in [2.05, 4.69) is 20.9 Å². The van der Waals surface area contributed by atoms with Crippen LogP contribution in [0.1, 0.15) is 22.7 Å². The van der Waals surface area contributed by atoms with Crippen molar-refractivity contribution in [2.24, 2.45) is 0 Å². The monoisotopic (exact) mass is 337 g/mol. The maximum Gasteiger partial charge on any atom is 0.312 e. The van der Waals surface area contributed by atoms with E-state index >= 15 is 0 Å². The summed E-state index contributed by atoms with van der Waals surface area (Å²) in [5.74, 6) is -2.06. The Hall–Kier alpha value is -1.75. The van der Waals surface area contributed by atoms with Gasteiger partial charge < -0.3 is 5.11 Å². The van der Waals surface area contributed by atoms with Crippen LogP contribution in [0.5, 0.6) is 0 Å². The van der Waals surface area contributed by atoms with Gasteiger partial charge in [-0.3, -0.25) is 9.78 Å². The maximum absolute atomic E-state index is 12.9. The highest BCUT2D eigenvalue weighted by atomic mass is 79.9. The molecule has 0 radical (unpaired) electrons. The van der Waals surface area contributed by atoms with Gasteiger partial charge in [0.15, 0.2) is 0 Å². The Labute approximate surface area is 124 Å². The molecule has 1 atom stereocenters. The molecule has 0 aliphatic heterocycles. The normalized spacial score (nSPS) is 12.2. The van der Waals surface area contributed by atoms with Crippen LogP contribution in [-0.2, 0) is 11.2 Å². The molecule has 0 aliphatic carbocycles. The van der Waals surface area contributed by atoms with Crippen molar-refractivity contribution in [3.05, 3.63) is 63.6 Å². The highest BCUT2D eigenvalue weighted by Crippen LogP contribution is 2.28. The Morgan fingerprint density at radius 3 is 2.60 bits per heavy atom. The number of halogens is 2. The Kier molecular flexibility index (Phi) is 4.49. The lowest BCUT2D eigenvalue weighted by atomic mass is 9.95. The lowest BCUT2D eigenvalue weighted by Gasteiger charge is -2.14. The van der Waals surface area contributed by atoms with Crippen LogP contribution in [0.3, 0.4) is 0 Å². The number of nitrogens with zero attached hydrogens (tertiary/aromatic N) is 1. The zero-order valence-corrected chi connectivity index (χ0v) is 12.4. The van der Waals surface area contributed by atoms with Crippen molar-refractivity contribution in [3.63, 3.8) is 0 Å². The van der Waals surface area contributed by atoms with E-state index in [1.54, 1.807) is 18.3 Å². The topological polar surface area (TPSA) is 50.2 Å². The Balaban J connectivity index is 2.34. The second-order valence-electron chi connectivity index (χ2n) is 4.55. The number of hydrogen-bond acceptors (Lipinski definition) is 2. The molecule has 0 amide bonds. The van der Waals surface area contributed by atoms with E-state index < -0.39 is 11.9 Å². The van der Waals surface area contributed by atoms with Gasteiger partial charge in [-0.15, -0.1) is 0 Å². The molecule has 2 aromatic rings. The maximum atomic E-state index is 12.9. The summed E-state index contributed by atoms with van der Waals surface area (Å²) in [6, 6.07) is 7.65. The fraction of sp³-hybridized carbons (Fsp3) is 0.200. The fourth-order valence-corrected chi connectivity index (χ4v) is 2.47. The fourth-order valence-electron chi connectivity index (χ4n) is 1.96. The number of aryl methyl sites for hydroxylation is 1. The van der Waals surface area contributed by atoms with Gasteiger partial charge in [-0.25, -0.2) is 4.39 Å². The molecule has 0 saturated heterocycles. The van der Waals surface area contributed by atoms with E-state index in [1.807, 2.05) is 13.0 Å². The molecule has 1 heterocycles. The van der Waals surface area contributed by atoms with Gasteiger partial charge in [0, 0.05) is 10.7 Å². The van der Waals surface area contributed by atoms with E-state index in [9.17, 15) is 14.3 Å². The van der Waals surface area contributed by atoms with Crippen molar-refractivity contribution >= 4 is 21.9 Å². The van der Waals surface area contributed by atoms with Gasteiger partial charge in [0.1, 0.15) is 11.7 Å². The third-order valence-electron chi connectivity index (χ3n) is 3.09. The Bertz CT molecular complexity index is 628. The van der Waals surface area contributed by atoms with Gasteiger partial charge in [0.25, 0.3) is 0 Å². The van der Waals surface area contributed by atoms with Crippen molar-refractivity contribution in [1.29, 1.82) is 0 Å². The Morgan fingerprint density at radius 2 is 2.00 bits per heavy atom. The lowest BCUT2D eigenvalue weighted by molar-refractivity contribution is -0.138. The number of rotatable bonds is 4. The predicted octanol–water partition coefficient (Wildman–Crippen LogP) is 3.70. The molecule has 1 aromatic carbocycles. The van der Waals surface area contributed by atoms with Gasteiger partial charge in [0.05, 0.1) is 5.69 Å². The molecule has 0 saturated carbocycles. The van der Waals surface area contributed by atoms with Crippen LogP contribution in [-0.4, -0.2) is 16.1 Å². The van der Waals surface area contributed by atoms with Crippen LogP contribution in [0.15, 0.2) is 41.0 Å². The molecule has 3 nitrogen and oxygen atoms in total. The summed E-state index contributed by atoms with van der Waals surface area (Å²) in [5.41, 5.74) is 2.18. The summed E-state index contributed by atoms with van der Waals surface area (Å²) in [5, 5.41) is 9.42.